The first-order chi connectivity index (χ1) is 5.00. The van der Waals surface area contributed by atoms with E-state index in [9.17, 15) is 4.79 Å². The normalized spacial score (nSPS) is 15.9. The predicted molar refractivity (Wildman–Crippen MR) is 39.4 cm³/mol. The Morgan fingerprint density at radius 2 is 2.18 bits per heavy atom. The van der Waals surface area contributed by atoms with Gasteiger partial charge in [0.2, 0.25) is 0 Å². The molecule has 1 unspecified atom stereocenters. The quantitative estimate of drug-likeness (QED) is 0.568. The minimum Gasteiger partial charge on any atom is -0.479 e. The predicted octanol–water partition coefficient (Wildman–Crippen LogP) is 0.249. The number of ether oxygens (including phenoxy) is 1. The SMILES string of the molecule is COCCCC(C)(O)C(=O)O. The summed E-state index contributed by atoms with van der Waals surface area (Å²) in [6.45, 7) is 1.76. The molecule has 11 heavy (non-hydrogen) atoms. The second kappa shape index (κ2) is 4.31. The highest BCUT2D eigenvalue weighted by Crippen LogP contribution is 2.11. The lowest BCUT2D eigenvalue weighted by Gasteiger charge is -2.16. The van der Waals surface area contributed by atoms with Gasteiger partial charge in [-0.2, -0.15) is 0 Å². The topological polar surface area (TPSA) is 66.8 Å². The second-order valence-corrected chi connectivity index (χ2v) is 2.68. The second-order valence-electron chi connectivity index (χ2n) is 2.68. The van der Waals surface area contributed by atoms with E-state index in [0.717, 1.165) is 0 Å². The van der Waals surface area contributed by atoms with Crippen LogP contribution in [0.25, 0.3) is 0 Å². The first-order valence-electron chi connectivity index (χ1n) is 3.45. The third-order valence-corrected chi connectivity index (χ3v) is 1.47. The van der Waals surface area contributed by atoms with E-state index in [1.807, 2.05) is 0 Å². The largest absolute Gasteiger partial charge is 0.479 e. The van der Waals surface area contributed by atoms with Crippen molar-refractivity contribution in [3.05, 3.63) is 0 Å². The van der Waals surface area contributed by atoms with Gasteiger partial charge in [0.25, 0.3) is 0 Å². The van der Waals surface area contributed by atoms with Gasteiger partial charge in [0.1, 0.15) is 0 Å². The average molecular weight is 162 g/mol. The lowest BCUT2D eigenvalue weighted by atomic mass is 10.0. The van der Waals surface area contributed by atoms with Crippen LogP contribution in [-0.4, -0.2) is 35.5 Å². The maximum absolute atomic E-state index is 10.3. The molecule has 0 radical (unpaired) electrons. The van der Waals surface area contributed by atoms with E-state index in [-0.39, 0.29) is 6.42 Å². The Labute approximate surface area is 65.8 Å². The van der Waals surface area contributed by atoms with E-state index in [0.29, 0.717) is 13.0 Å². The molecule has 0 fully saturated rings. The van der Waals surface area contributed by atoms with Crippen molar-refractivity contribution in [1.82, 2.24) is 0 Å². The number of rotatable bonds is 5. The van der Waals surface area contributed by atoms with Crippen molar-refractivity contribution in [3.8, 4) is 0 Å². The van der Waals surface area contributed by atoms with Crippen LogP contribution in [0.5, 0.6) is 0 Å². The van der Waals surface area contributed by atoms with Gasteiger partial charge in [0.05, 0.1) is 0 Å². The molecule has 0 aromatic carbocycles. The summed E-state index contributed by atoms with van der Waals surface area (Å²) in [5.74, 6) is -1.19. The molecule has 0 amide bonds. The van der Waals surface area contributed by atoms with Crippen molar-refractivity contribution < 1.29 is 19.7 Å². The Kier molecular flexibility index (Phi) is 4.07. The summed E-state index contributed by atoms with van der Waals surface area (Å²) in [7, 11) is 1.54. The van der Waals surface area contributed by atoms with Gasteiger partial charge in [-0.05, 0) is 19.8 Å². The molecule has 0 aliphatic rings. The zero-order chi connectivity index (χ0) is 8.91. The number of carboxylic acid groups (broad SMARTS) is 1. The number of aliphatic carboxylic acids is 1. The highest BCUT2D eigenvalue weighted by Gasteiger charge is 2.28. The first-order valence-corrected chi connectivity index (χ1v) is 3.45. The van der Waals surface area contributed by atoms with Crippen LogP contribution in [0.15, 0.2) is 0 Å². The van der Waals surface area contributed by atoms with E-state index >= 15 is 0 Å². The first kappa shape index (κ1) is 10.4. The van der Waals surface area contributed by atoms with Crippen molar-refractivity contribution in [1.29, 1.82) is 0 Å². The van der Waals surface area contributed by atoms with Gasteiger partial charge < -0.3 is 14.9 Å². The van der Waals surface area contributed by atoms with Gasteiger partial charge in [-0.15, -0.1) is 0 Å². The molecular weight excluding hydrogens is 148 g/mol. The summed E-state index contributed by atoms with van der Waals surface area (Å²) in [4.78, 5) is 10.3. The van der Waals surface area contributed by atoms with Crippen LogP contribution in [0.3, 0.4) is 0 Å². The van der Waals surface area contributed by atoms with Crippen LogP contribution in [0.1, 0.15) is 19.8 Å². The van der Waals surface area contributed by atoms with E-state index in [1.165, 1.54) is 14.0 Å². The summed E-state index contributed by atoms with van der Waals surface area (Å²) in [5.41, 5.74) is -1.61. The summed E-state index contributed by atoms with van der Waals surface area (Å²) in [6.07, 6.45) is 0.770. The van der Waals surface area contributed by atoms with Crippen molar-refractivity contribution in [2.24, 2.45) is 0 Å². The molecule has 0 rings (SSSR count). The zero-order valence-corrected chi connectivity index (χ0v) is 6.83. The Balaban J connectivity index is 3.64. The van der Waals surface area contributed by atoms with Gasteiger partial charge in [0, 0.05) is 13.7 Å². The smallest absolute Gasteiger partial charge is 0.335 e. The summed E-state index contributed by atoms with van der Waals surface area (Å²) < 4.78 is 4.71. The number of aliphatic hydroxyl groups is 1. The van der Waals surface area contributed by atoms with Crippen LogP contribution in [0.4, 0.5) is 0 Å². The van der Waals surface area contributed by atoms with Crippen LogP contribution < -0.4 is 0 Å². The number of hydrogen-bond acceptors (Lipinski definition) is 3. The van der Waals surface area contributed by atoms with Gasteiger partial charge in [-0.25, -0.2) is 4.79 Å². The Hall–Kier alpha value is -0.610. The van der Waals surface area contributed by atoms with E-state index in [4.69, 9.17) is 14.9 Å². The Morgan fingerprint density at radius 1 is 1.64 bits per heavy atom. The van der Waals surface area contributed by atoms with Crippen LogP contribution in [0, 0.1) is 0 Å². The highest BCUT2D eigenvalue weighted by molar-refractivity contribution is 5.76. The van der Waals surface area contributed by atoms with Gasteiger partial charge in [-0.1, -0.05) is 0 Å². The fraction of sp³-hybridized carbons (Fsp3) is 0.857. The van der Waals surface area contributed by atoms with Crippen LogP contribution >= 0.6 is 0 Å². The van der Waals surface area contributed by atoms with Gasteiger partial charge >= 0.3 is 5.97 Å². The minimum atomic E-state index is -1.61. The summed E-state index contributed by atoms with van der Waals surface area (Å²) >= 11 is 0. The highest BCUT2D eigenvalue weighted by atomic mass is 16.5. The third-order valence-electron chi connectivity index (χ3n) is 1.47. The molecule has 0 saturated heterocycles. The standard InChI is InChI=1S/C7H14O4/c1-7(10,6(8)9)4-3-5-11-2/h10H,3-5H2,1-2H3,(H,8,9). The molecule has 2 N–H and O–H groups in total. The van der Waals surface area contributed by atoms with Crippen molar-refractivity contribution in [2.45, 2.75) is 25.4 Å². The summed E-state index contributed by atoms with van der Waals surface area (Å²) in [5, 5.41) is 17.6. The molecule has 0 aliphatic heterocycles. The van der Waals surface area contributed by atoms with Crippen LogP contribution in [-0.2, 0) is 9.53 Å². The lowest BCUT2D eigenvalue weighted by Crippen LogP contribution is -2.34. The van der Waals surface area contributed by atoms with Gasteiger partial charge in [-0.3, -0.25) is 0 Å². The molecule has 4 nitrogen and oxygen atoms in total. The summed E-state index contributed by atoms with van der Waals surface area (Å²) in [6, 6.07) is 0. The van der Waals surface area contributed by atoms with E-state index < -0.39 is 11.6 Å². The van der Waals surface area contributed by atoms with E-state index in [2.05, 4.69) is 0 Å². The van der Waals surface area contributed by atoms with E-state index in [1.54, 1.807) is 0 Å². The number of carboxylic acids is 1. The van der Waals surface area contributed by atoms with Crippen molar-refractivity contribution in [3.63, 3.8) is 0 Å². The molecule has 1 atom stereocenters. The maximum atomic E-state index is 10.3. The minimum absolute atomic E-state index is 0.218. The maximum Gasteiger partial charge on any atom is 0.335 e. The fourth-order valence-corrected chi connectivity index (χ4v) is 0.668. The monoisotopic (exact) mass is 162 g/mol. The molecule has 0 spiro atoms. The number of hydrogen-bond donors (Lipinski definition) is 2. The molecule has 0 aliphatic carbocycles. The molecule has 0 aromatic heterocycles. The molecule has 4 heteroatoms. The molecule has 0 aromatic rings. The third kappa shape index (κ3) is 3.95. The average Bonchev–Trinajstić information content (AvgIpc) is 1.88. The van der Waals surface area contributed by atoms with Crippen LogP contribution in [0.2, 0.25) is 0 Å². The fourth-order valence-electron chi connectivity index (χ4n) is 0.668. The molecular formula is C7H14O4. The molecule has 0 bridgehead atoms. The van der Waals surface area contributed by atoms with Crippen molar-refractivity contribution in [2.75, 3.05) is 13.7 Å². The van der Waals surface area contributed by atoms with Crippen molar-refractivity contribution >= 4 is 5.97 Å². The van der Waals surface area contributed by atoms with Gasteiger partial charge in [0.15, 0.2) is 5.60 Å². The number of methoxy groups -OCH3 is 1. The Morgan fingerprint density at radius 3 is 2.55 bits per heavy atom. The zero-order valence-electron chi connectivity index (χ0n) is 6.83. The molecule has 0 saturated carbocycles. The molecule has 66 valence electrons. The molecule has 0 heterocycles. The lowest BCUT2D eigenvalue weighted by molar-refractivity contribution is -0.157. The Bertz CT molecular complexity index is 130. The number of carbonyl (C=O) groups is 1.